The van der Waals surface area contributed by atoms with Crippen molar-refractivity contribution >= 4 is 21.7 Å². The normalized spacial score (nSPS) is 10.9. The number of hydrogen-bond acceptors (Lipinski definition) is 5. The van der Waals surface area contributed by atoms with Crippen LogP contribution in [0, 0.1) is 0 Å². The summed E-state index contributed by atoms with van der Waals surface area (Å²) < 4.78 is 11.2. The SMILES string of the molecule is COc1ccc(CN(C)Cc2cc(N)no2)cc1Br. The second-order valence-electron chi connectivity index (χ2n) is 4.36. The van der Waals surface area contributed by atoms with Crippen LogP contribution in [0.15, 0.2) is 33.3 Å². The van der Waals surface area contributed by atoms with E-state index in [-0.39, 0.29) is 0 Å². The first-order valence-corrected chi connectivity index (χ1v) is 6.60. The number of methoxy groups -OCH3 is 1. The Morgan fingerprint density at radius 3 is 2.74 bits per heavy atom. The molecule has 0 amide bonds. The Morgan fingerprint density at radius 1 is 1.37 bits per heavy atom. The summed E-state index contributed by atoms with van der Waals surface area (Å²) in [5.41, 5.74) is 6.70. The minimum Gasteiger partial charge on any atom is -0.496 e. The van der Waals surface area contributed by atoms with Gasteiger partial charge in [0, 0.05) is 12.6 Å². The number of nitrogen functional groups attached to an aromatic ring is 1. The van der Waals surface area contributed by atoms with E-state index in [4.69, 9.17) is 15.0 Å². The quantitative estimate of drug-likeness (QED) is 0.915. The van der Waals surface area contributed by atoms with Crippen molar-refractivity contribution in [2.45, 2.75) is 13.1 Å². The number of hydrogen-bond donors (Lipinski definition) is 1. The third kappa shape index (κ3) is 3.71. The molecule has 1 aromatic heterocycles. The topological polar surface area (TPSA) is 64.5 Å². The van der Waals surface area contributed by atoms with Crippen LogP contribution in [0.4, 0.5) is 5.82 Å². The molecule has 0 atom stereocenters. The maximum atomic E-state index is 5.52. The molecule has 0 saturated carbocycles. The Kier molecular flexibility index (Phi) is 4.44. The van der Waals surface area contributed by atoms with Gasteiger partial charge in [-0.1, -0.05) is 11.2 Å². The molecule has 102 valence electrons. The fraction of sp³-hybridized carbons (Fsp3) is 0.308. The van der Waals surface area contributed by atoms with Gasteiger partial charge in [0.25, 0.3) is 0 Å². The lowest BCUT2D eigenvalue weighted by Gasteiger charge is -2.15. The van der Waals surface area contributed by atoms with E-state index in [1.807, 2.05) is 25.2 Å². The lowest BCUT2D eigenvalue weighted by atomic mass is 10.2. The third-order valence-electron chi connectivity index (χ3n) is 2.67. The van der Waals surface area contributed by atoms with Crippen LogP contribution in [-0.2, 0) is 13.1 Å². The lowest BCUT2D eigenvalue weighted by molar-refractivity contribution is 0.267. The minimum absolute atomic E-state index is 0.413. The molecule has 0 unspecified atom stereocenters. The maximum absolute atomic E-state index is 5.52. The molecule has 19 heavy (non-hydrogen) atoms. The number of halogens is 1. The number of rotatable bonds is 5. The van der Waals surface area contributed by atoms with Crippen molar-refractivity contribution in [1.29, 1.82) is 0 Å². The van der Waals surface area contributed by atoms with E-state index in [1.54, 1.807) is 13.2 Å². The zero-order valence-electron chi connectivity index (χ0n) is 10.9. The lowest BCUT2D eigenvalue weighted by Crippen LogP contribution is -2.16. The molecule has 2 aromatic rings. The summed E-state index contributed by atoms with van der Waals surface area (Å²) in [7, 11) is 3.66. The van der Waals surface area contributed by atoms with Crippen LogP contribution in [0.2, 0.25) is 0 Å². The van der Waals surface area contributed by atoms with Crippen molar-refractivity contribution in [1.82, 2.24) is 10.1 Å². The monoisotopic (exact) mass is 325 g/mol. The number of ether oxygens (including phenoxy) is 1. The van der Waals surface area contributed by atoms with Crippen molar-refractivity contribution in [3.05, 3.63) is 40.1 Å². The molecule has 2 N–H and O–H groups in total. The number of aromatic nitrogens is 1. The molecule has 1 heterocycles. The van der Waals surface area contributed by atoms with Gasteiger partial charge in [0.1, 0.15) is 5.75 Å². The molecule has 1 aromatic carbocycles. The van der Waals surface area contributed by atoms with Gasteiger partial charge in [0.05, 0.1) is 18.1 Å². The second kappa shape index (κ2) is 6.08. The zero-order chi connectivity index (χ0) is 13.8. The summed E-state index contributed by atoms with van der Waals surface area (Å²) >= 11 is 3.48. The highest BCUT2D eigenvalue weighted by Gasteiger charge is 2.08. The smallest absolute Gasteiger partial charge is 0.167 e. The van der Waals surface area contributed by atoms with E-state index in [1.165, 1.54) is 5.56 Å². The van der Waals surface area contributed by atoms with Gasteiger partial charge in [-0.15, -0.1) is 0 Å². The van der Waals surface area contributed by atoms with E-state index in [0.717, 1.165) is 22.5 Å². The predicted molar refractivity (Wildman–Crippen MR) is 76.8 cm³/mol. The summed E-state index contributed by atoms with van der Waals surface area (Å²) in [5, 5.41) is 3.67. The standard InChI is InChI=1S/C13H16BrN3O2/c1-17(8-10-6-13(15)16-19-10)7-9-3-4-12(18-2)11(14)5-9/h3-6H,7-8H2,1-2H3,(H2,15,16). The first kappa shape index (κ1) is 13.9. The Labute approximate surface area is 120 Å². The Bertz CT molecular complexity index is 557. The van der Waals surface area contributed by atoms with Crippen LogP contribution < -0.4 is 10.5 Å². The molecule has 0 aliphatic rings. The van der Waals surface area contributed by atoms with Crippen LogP contribution in [0.5, 0.6) is 5.75 Å². The number of anilines is 1. The van der Waals surface area contributed by atoms with Gasteiger partial charge in [0.2, 0.25) is 0 Å². The van der Waals surface area contributed by atoms with Crippen molar-refractivity contribution in [3.8, 4) is 5.75 Å². The van der Waals surface area contributed by atoms with Crippen LogP contribution in [0.25, 0.3) is 0 Å². The summed E-state index contributed by atoms with van der Waals surface area (Å²) in [6, 6.07) is 7.76. The van der Waals surface area contributed by atoms with E-state index >= 15 is 0 Å². The summed E-state index contributed by atoms with van der Waals surface area (Å²) in [6.07, 6.45) is 0. The van der Waals surface area contributed by atoms with Crippen molar-refractivity contribution in [2.75, 3.05) is 19.9 Å². The average molecular weight is 326 g/mol. The van der Waals surface area contributed by atoms with Gasteiger partial charge in [-0.3, -0.25) is 4.90 Å². The van der Waals surface area contributed by atoms with Crippen molar-refractivity contribution in [3.63, 3.8) is 0 Å². The van der Waals surface area contributed by atoms with Gasteiger partial charge in [-0.05, 0) is 40.7 Å². The largest absolute Gasteiger partial charge is 0.496 e. The third-order valence-corrected chi connectivity index (χ3v) is 3.29. The van der Waals surface area contributed by atoms with Gasteiger partial charge in [0.15, 0.2) is 11.6 Å². The first-order chi connectivity index (χ1) is 9.08. The van der Waals surface area contributed by atoms with Gasteiger partial charge >= 0.3 is 0 Å². The number of nitrogens with zero attached hydrogens (tertiary/aromatic N) is 2. The van der Waals surface area contributed by atoms with Gasteiger partial charge in [-0.2, -0.15) is 0 Å². The van der Waals surface area contributed by atoms with E-state index in [2.05, 4.69) is 26.0 Å². The fourth-order valence-corrected chi connectivity index (χ4v) is 2.43. The summed E-state index contributed by atoms with van der Waals surface area (Å²) in [6.45, 7) is 1.46. The number of nitrogens with two attached hydrogens (primary N) is 1. The highest BCUT2D eigenvalue weighted by molar-refractivity contribution is 9.10. The molecule has 0 fully saturated rings. The number of benzene rings is 1. The van der Waals surface area contributed by atoms with Crippen molar-refractivity contribution in [2.24, 2.45) is 0 Å². The molecule has 0 aliphatic carbocycles. The molecule has 2 rings (SSSR count). The van der Waals surface area contributed by atoms with Crippen LogP contribution in [-0.4, -0.2) is 24.2 Å². The minimum atomic E-state index is 0.413. The Balaban J connectivity index is 1.98. The highest BCUT2D eigenvalue weighted by Crippen LogP contribution is 2.26. The van der Waals surface area contributed by atoms with E-state index in [0.29, 0.717) is 12.4 Å². The molecular weight excluding hydrogens is 310 g/mol. The molecule has 6 heteroatoms. The molecule has 0 radical (unpaired) electrons. The molecular formula is C13H16BrN3O2. The summed E-state index contributed by atoms with van der Waals surface area (Å²) in [5.74, 6) is 2.00. The van der Waals surface area contributed by atoms with E-state index < -0.39 is 0 Å². The molecule has 0 aliphatic heterocycles. The molecule has 0 bridgehead atoms. The predicted octanol–water partition coefficient (Wildman–Crippen LogP) is 2.66. The molecule has 0 saturated heterocycles. The van der Waals surface area contributed by atoms with Gasteiger partial charge < -0.3 is 15.0 Å². The van der Waals surface area contributed by atoms with Crippen molar-refractivity contribution < 1.29 is 9.26 Å². The Hall–Kier alpha value is -1.53. The fourth-order valence-electron chi connectivity index (χ4n) is 1.85. The van der Waals surface area contributed by atoms with Crippen LogP contribution in [0.1, 0.15) is 11.3 Å². The van der Waals surface area contributed by atoms with E-state index in [9.17, 15) is 0 Å². The van der Waals surface area contributed by atoms with Crippen LogP contribution in [0.3, 0.4) is 0 Å². The van der Waals surface area contributed by atoms with Crippen LogP contribution >= 0.6 is 15.9 Å². The molecule has 5 nitrogen and oxygen atoms in total. The maximum Gasteiger partial charge on any atom is 0.167 e. The van der Waals surface area contributed by atoms with Gasteiger partial charge in [-0.25, -0.2) is 0 Å². The summed E-state index contributed by atoms with van der Waals surface area (Å²) in [4.78, 5) is 2.12. The molecule has 0 spiro atoms. The highest BCUT2D eigenvalue weighted by atomic mass is 79.9. The second-order valence-corrected chi connectivity index (χ2v) is 5.21. The Morgan fingerprint density at radius 2 is 2.16 bits per heavy atom. The average Bonchev–Trinajstić information content (AvgIpc) is 2.74. The first-order valence-electron chi connectivity index (χ1n) is 5.80. The zero-order valence-corrected chi connectivity index (χ0v) is 12.5.